The first-order valence-electron chi connectivity index (χ1n) is 7.32. The highest BCUT2D eigenvalue weighted by atomic mass is 16.5. The fourth-order valence-corrected chi connectivity index (χ4v) is 2.68. The lowest BCUT2D eigenvalue weighted by Gasteiger charge is -2.27. The van der Waals surface area contributed by atoms with E-state index in [-0.39, 0.29) is 18.0 Å². The van der Waals surface area contributed by atoms with E-state index in [4.69, 9.17) is 4.74 Å². The van der Waals surface area contributed by atoms with Crippen LogP contribution in [0.2, 0.25) is 0 Å². The lowest BCUT2D eigenvalue weighted by atomic mass is 9.89. The Labute approximate surface area is 111 Å². The van der Waals surface area contributed by atoms with Crippen LogP contribution in [0.4, 0.5) is 0 Å². The van der Waals surface area contributed by atoms with Crippen LogP contribution in [-0.2, 0) is 9.53 Å². The van der Waals surface area contributed by atoms with Crippen LogP contribution in [0.25, 0.3) is 0 Å². The number of carbonyl (C=O) groups is 1. The molecule has 3 nitrogen and oxygen atoms in total. The SMILES string of the molecule is CCC(C)C(=O)OC(C)C1CC1C(O)(CC)CC. The van der Waals surface area contributed by atoms with Crippen molar-refractivity contribution in [3.8, 4) is 0 Å². The van der Waals surface area contributed by atoms with E-state index < -0.39 is 5.60 Å². The third kappa shape index (κ3) is 3.25. The van der Waals surface area contributed by atoms with E-state index in [1.165, 1.54) is 0 Å². The highest BCUT2D eigenvalue weighted by Crippen LogP contribution is 2.51. The maximum Gasteiger partial charge on any atom is 0.308 e. The van der Waals surface area contributed by atoms with Gasteiger partial charge in [0, 0.05) is 5.92 Å². The minimum absolute atomic E-state index is 0.0270. The molecule has 0 aromatic rings. The van der Waals surface area contributed by atoms with Crippen molar-refractivity contribution in [1.29, 1.82) is 0 Å². The zero-order chi connectivity index (χ0) is 13.9. The second-order valence-electron chi connectivity index (χ2n) is 5.77. The average molecular weight is 256 g/mol. The molecule has 0 radical (unpaired) electrons. The molecule has 4 atom stereocenters. The standard InChI is InChI=1S/C15H28O3/c1-6-10(4)14(16)18-11(5)12-9-13(12)15(17,7-2)8-3/h10-13,17H,6-9H2,1-5H3. The number of hydrogen-bond donors (Lipinski definition) is 1. The Hall–Kier alpha value is -0.570. The minimum atomic E-state index is -0.568. The van der Waals surface area contributed by atoms with Crippen LogP contribution in [0.3, 0.4) is 0 Å². The normalized spacial score (nSPS) is 26.6. The van der Waals surface area contributed by atoms with Crippen molar-refractivity contribution in [2.45, 2.75) is 72.0 Å². The molecule has 1 rings (SSSR count). The van der Waals surface area contributed by atoms with E-state index in [9.17, 15) is 9.90 Å². The molecule has 1 aliphatic carbocycles. The smallest absolute Gasteiger partial charge is 0.308 e. The highest BCUT2D eigenvalue weighted by molar-refractivity contribution is 5.72. The number of esters is 1. The number of hydrogen-bond acceptors (Lipinski definition) is 3. The Morgan fingerprint density at radius 1 is 1.33 bits per heavy atom. The largest absolute Gasteiger partial charge is 0.462 e. The van der Waals surface area contributed by atoms with Gasteiger partial charge >= 0.3 is 5.97 Å². The molecule has 0 aromatic carbocycles. The van der Waals surface area contributed by atoms with Crippen molar-refractivity contribution >= 4 is 5.97 Å². The molecule has 0 bridgehead atoms. The number of aliphatic hydroxyl groups is 1. The lowest BCUT2D eigenvalue weighted by molar-refractivity contribution is -0.154. The molecule has 0 spiro atoms. The molecule has 0 aliphatic heterocycles. The van der Waals surface area contributed by atoms with Gasteiger partial charge in [-0.25, -0.2) is 0 Å². The maximum atomic E-state index is 11.7. The van der Waals surface area contributed by atoms with Gasteiger partial charge in [0.05, 0.1) is 11.5 Å². The molecule has 0 heterocycles. The van der Waals surface area contributed by atoms with Gasteiger partial charge in [-0.3, -0.25) is 4.79 Å². The summed E-state index contributed by atoms with van der Waals surface area (Å²) in [6, 6.07) is 0. The molecule has 4 unspecified atom stereocenters. The summed E-state index contributed by atoms with van der Waals surface area (Å²) in [5.41, 5.74) is -0.568. The van der Waals surface area contributed by atoms with Gasteiger partial charge in [-0.2, -0.15) is 0 Å². The Morgan fingerprint density at radius 2 is 1.89 bits per heavy atom. The van der Waals surface area contributed by atoms with Crippen LogP contribution in [0.1, 0.15) is 60.3 Å². The van der Waals surface area contributed by atoms with Crippen molar-refractivity contribution in [2.24, 2.45) is 17.8 Å². The molecule has 0 amide bonds. The molecule has 1 saturated carbocycles. The van der Waals surface area contributed by atoms with Crippen LogP contribution in [-0.4, -0.2) is 22.8 Å². The molecular weight excluding hydrogens is 228 g/mol. The summed E-state index contributed by atoms with van der Waals surface area (Å²) in [5.74, 6) is 0.503. The van der Waals surface area contributed by atoms with Crippen molar-refractivity contribution in [3.05, 3.63) is 0 Å². The van der Waals surface area contributed by atoms with Gasteiger partial charge in [0.25, 0.3) is 0 Å². The van der Waals surface area contributed by atoms with Crippen LogP contribution in [0, 0.1) is 17.8 Å². The van der Waals surface area contributed by atoms with Gasteiger partial charge < -0.3 is 9.84 Å². The molecule has 1 fully saturated rings. The number of ether oxygens (including phenoxy) is 1. The number of carbonyl (C=O) groups excluding carboxylic acids is 1. The van der Waals surface area contributed by atoms with E-state index in [2.05, 4.69) is 0 Å². The zero-order valence-corrected chi connectivity index (χ0v) is 12.4. The first-order valence-corrected chi connectivity index (χ1v) is 7.32. The minimum Gasteiger partial charge on any atom is -0.462 e. The van der Waals surface area contributed by atoms with E-state index >= 15 is 0 Å². The van der Waals surface area contributed by atoms with Crippen LogP contribution in [0.15, 0.2) is 0 Å². The van der Waals surface area contributed by atoms with Crippen molar-refractivity contribution in [1.82, 2.24) is 0 Å². The summed E-state index contributed by atoms with van der Waals surface area (Å²) in [7, 11) is 0. The lowest BCUT2D eigenvalue weighted by Crippen LogP contribution is -2.32. The monoisotopic (exact) mass is 256 g/mol. The van der Waals surface area contributed by atoms with Gasteiger partial charge in [-0.15, -0.1) is 0 Å². The fraction of sp³-hybridized carbons (Fsp3) is 0.933. The first-order chi connectivity index (χ1) is 8.39. The van der Waals surface area contributed by atoms with Crippen molar-refractivity contribution < 1.29 is 14.6 Å². The summed E-state index contributed by atoms with van der Waals surface area (Å²) >= 11 is 0. The van der Waals surface area contributed by atoms with Gasteiger partial charge in [0.1, 0.15) is 6.10 Å². The Balaban J connectivity index is 2.47. The molecule has 106 valence electrons. The first kappa shape index (κ1) is 15.5. The maximum absolute atomic E-state index is 11.7. The molecule has 18 heavy (non-hydrogen) atoms. The Bertz CT molecular complexity index is 283. The van der Waals surface area contributed by atoms with Crippen molar-refractivity contribution in [3.63, 3.8) is 0 Å². The second-order valence-corrected chi connectivity index (χ2v) is 5.77. The molecule has 1 aliphatic rings. The van der Waals surface area contributed by atoms with Gasteiger partial charge in [0.15, 0.2) is 0 Å². The van der Waals surface area contributed by atoms with Crippen LogP contribution >= 0.6 is 0 Å². The topological polar surface area (TPSA) is 46.5 Å². The quantitative estimate of drug-likeness (QED) is 0.712. The summed E-state index contributed by atoms with van der Waals surface area (Å²) in [6.45, 7) is 9.89. The molecule has 0 aromatic heterocycles. The predicted octanol–water partition coefficient (Wildman–Crippen LogP) is 3.15. The molecular formula is C15H28O3. The summed E-state index contributed by atoms with van der Waals surface area (Å²) in [4.78, 5) is 11.7. The van der Waals surface area contributed by atoms with Crippen molar-refractivity contribution in [2.75, 3.05) is 0 Å². The number of rotatable bonds is 7. The van der Waals surface area contributed by atoms with E-state index in [1.54, 1.807) is 0 Å². The average Bonchev–Trinajstić information content (AvgIpc) is 3.17. The Kier molecular flexibility index (Phi) is 5.20. The van der Waals surface area contributed by atoms with Gasteiger partial charge in [-0.1, -0.05) is 27.7 Å². The third-order valence-corrected chi connectivity index (χ3v) is 4.67. The van der Waals surface area contributed by atoms with E-state index in [1.807, 2.05) is 34.6 Å². The fourth-order valence-electron chi connectivity index (χ4n) is 2.68. The van der Waals surface area contributed by atoms with Crippen LogP contribution in [0.5, 0.6) is 0 Å². The van der Waals surface area contributed by atoms with E-state index in [0.717, 1.165) is 25.7 Å². The zero-order valence-electron chi connectivity index (χ0n) is 12.4. The molecule has 3 heteroatoms. The third-order valence-electron chi connectivity index (χ3n) is 4.67. The van der Waals surface area contributed by atoms with E-state index in [0.29, 0.717) is 11.8 Å². The Morgan fingerprint density at radius 3 is 2.33 bits per heavy atom. The summed E-state index contributed by atoms with van der Waals surface area (Å²) in [5, 5.41) is 10.4. The van der Waals surface area contributed by atoms with Gasteiger partial charge in [-0.05, 0) is 38.5 Å². The van der Waals surface area contributed by atoms with Crippen LogP contribution < -0.4 is 0 Å². The summed E-state index contributed by atoms with van der Waals surface area (Å²) in [6.07, 6.45) is 3.27. The highest BCUT2D eigenvalue weighted by Gasteiger charge is 2.53. The second kappa shape index (κ2) is 6.05. The summed E-state index contributed by atoms with van der Waals surface area (Å²) < 4.78 is 5.49. The molecule has 0 saturated heterocycles. The van der Waals surface area contributed by atoms with Gasteiger partial charge in [0.2, 0.25) is 0 Å². The molecule has 1 N–H and O–H groups in total. The predicted molar refractivity (Wildman–Crippen MR) is 72.1 cm³/mol.